The molecular formula is C22H22N4O4. The minimum Gasteiger partial charge on any atom is -0.452 e. The number of aromatic nitrogens is 2. The van der Waals surface area contributed by atoms with Gasteiger partial charge in [-0.1, -0.05) is 0 Å². The van der Waals surface area contributed by atoms with Gasteiger partial charge in [-0.2, -0.15) is 0 Å². The number of carbonyl (C=O) groups excluding carboxylic acids is 3. The summed E-state index contributed by atoms with van der Waals surface area (Å²) in [5.74, 6) is -1.24. The van der Waals surface area contributed by atoms with Crippen LogP contribution in [0.25, 0.3) is 11.0 Å². The molecule has 1 N–H and O–H groups in total. The van der Waals surface area contributed by atoms with Crippen molar-refractivity contribution in [1.29, 1.82) is 0 Å². The highest BCUT2D eigenvalue weighted by Gasteiger charge is 2.13. The molecule has 0 bridgehead atoms. The Bertz CT molecular complexity index is 1120. The van der Waals surface area contributed by atoms with Crippen molar-refractivity contribution < 1.29 is 19.1 Å². The van der Waals surface area contributed by atoms with Crippen molar-refractivity contribution in [2.45, 2.75) is 13.8 Å². The van der Waals surface area contributed by atoms with E-state index in [1.165, 1.54) is 4.90 Å². The molecule has 0 saturated carbocycles. The molecule has 30 heavy (non-hydrogen) atoms. The van der Waals surface area contributed by atoms with Gasteiger partial charge >= 0.3 is 5.97 Å². The molecular weight excluding hydrogens is 384 g/mol. The summed E-state index contributed by atoms with van der Waals surface area (Å²) >= 11 is 0. The second-order valence-corrected chi connectivity index (χ2v) is 7.00. The maximum atomic E-state index is 12.3. The molecule has 0 spiro atoms. The summed E-state index contributed by atoms with van der Waals surface area (Å²) in [6.45, 7) is 3.28. The van der Waals surface area contributed by atoms with Crippen molar-refractivity contribution in [1.82, 2.24) is 14.9 Å². The first-order chi connectivity index (χ1) is 14.2. The highest BCUT2D eigenvalue weighted by Crippen LogP contribution is 2.15. The van der Waals surface area contributed by atoms with Crippen molar-refractivity contribution in [3.63, 3.8) is 0 Å². The second kappa shape index (κ2) is 8.69. The molecule has 0 saturated heterocycles. The van der Waals surface area contributed by atoms with E-state index in [0.717, 1.165) is 11.4 Å². The summed E-state index contributed by atoms with van der Waals surface area (Å²) < 4.78 is 5.10. The minimum atomic E-state index is -0.626. The fourth-order valence-corrected chi connectivity index (χ4v) is 2.72. The Morgan fingerprint density at radius 2 is 1.50 bits per heavy atom. The van der Waals surface area contributed by atoms with E-state index in [0.29, 0.717) is 27.8 Å². The van der Waals surface area contributed by atoms with Gasteiger partial charge in [-0.15, -0.1) is 0 Å². The van der Waals surface area contributed by atoms with E-state index in [4.69, 9.17) is 4.74 Å². The smallest absolute Gasteiger partial charge is 0.338 e. The van der Waals surface area contributed by atoms with Crippen LogP contribution < -0.4 is 5.32 Å². The molecule has 0 aliphatic rings. The van der Waals surface area contributed by atoms with Crippen LogP contribution in [0.15, 0.2) is 42.5 Å². The molecule has 3 aromatic rings. The standard InChI is InChI=1S/C22H22N4O4/c1-13-14(2)24-19-11-16(7-10-18(19)23-13)22(29)30-12-20(27)25-17-8-5-15(6-9-17)21(28)26(3)4/h5-11H,12H2,1-4H3,(H,25,27). The Kier molecular flexibility index (Phi) is 6.06. The summed E-state index contributed by atoms with van der Waals surface area (Å²) in [6.07, 6.45) is 0. The fraction of sp³-hybridized carbons (Fsp3) is 0.227. The summed E-state index contributed by atoms with van der Waals surface area (Å²) in [6, 6.07) is 11.3. The van der Waals surface area contributed by atoms with Crippen molar-refractivity contribution in [3.8, 4) is 0 Å². The number of nitrogens with zero attached hydrogens (tertiary/aromatic N) is 3. The number of nitrogens with one attached hydrogen (secondary N) is 1. The molecule has 0 unspecified atom stereocenters. The number of ether oxygens (including phenoxy) is 1. The first kappa shape index (κ1) is 20.9. The maximum Gasteiger partial charge on any atom is 0.338 e. The quantitative estimate of drug-likeness (QED) is 0.654. The monoisotopic (exact) mass is 406 g/mol. The lowest BCUT2D eigenvalue weighted by molar-refractivity contribution is -0.119. The Hall–Kier alpha value is -3.81. The number of fused-ring (bicyclic) bond motifs is 1. The molecule has 1 heterocycles. The number of hydrogen-bond donors (Lipinski definition) is 1. The van der Waals surface area contributed by atoms with Crippen molar-refractivity contribution >= 4 is 34.5 Å². The fourth-order valence-electron chi connectivity index (χ4n) is 2.72. The second-order valence-electron chi connectivity index (χ2n) is 7.00. The van der Waals surface area contributed by atoms with E-state index in [9.17, 15) is 14.4 Å². The van der Waals surface area contributed by atoms with E-state index in [1.54, 1.807) is 56.6 Å². The normalized spacial score (nSPS) is 10.5. The Morgan fingerprint density at radius 3 is 2.13 bits per heavy atom. The minimum absolute atomic E-state index is 0.132. The predicted molar refractivity (Wildman–Crippen MR) is 112 cm³/mol. The van der Waals surface area contributed by atoms with Gasteiger partial charge in [0.05, 0.1) is 28.0 Å². The summed E-state index contributed by atoms with van der Waals surface area (Å²) in [4.78, 5) is 46.6. The predicted octanol–water partition coefficient (Wildman–Crippen LogP) is 2.74. The lowest BCUT2D eigenvalue weighted by Crippen LogP contribution is -2.22. The Labute approximate surface area is 173 Å². The van der Waals surface area contributed by atoms with Crippen LogP contribution in [0, 0.1) is 13.8 Å². The van der Waals surface area contributed by atoms with Crippen LogP contribution in [0.3, 0.4) is 0 Å². The van der Waals surface area contributed by atoms with Gasteiger partial charge in [0.15, 0.2) is 6.61 Å². The number of carbonyl (C=O) groups is 3. The summed E-state index contributed by atoms with van der Waals surface area (Å²) in [5, 5.41) is 2.62. The van der Waals surface area contributed by atoms with Gasteiger partial charge in [0.1, 0.15) is 0 Å². The molecule has 8 nitrogen and oxygen atoms in total. The number of amides is 2. The number of esters is 1. The average Bonchev–Trinajstić information content (AvgIpc) is 2.72. The number of anilines is 1. The molecule has 2 aromatic carbocycles. The van der Waals surface area contributed by atoms with E-state index < -0.39 is 18.5 Å². The van der Waals surface area contributed by atoms with Crippen LogP contribution in [0.1, 0.15) is 32.1 Å². The van der Waals surface area contributed by atoms with Gasteiger partial charge in [0.25, 0.3) is 11.8 Å². The third kappa shape index (κ3) is 4.78. The van der Waals surface area contributed by atoms with Crippen molar-refractivity contribution in [2.24, 2.45) is 0 Å². The topological polar surface area (TPSA) is 101 Å². The molecule has 0 aliphatic heterocycles. The SMILES string of the molecule is Cc1nc2ccc(C(=O)OCC(=O)Nc3ccc(C(=O)N(C)C)cc3)cc2nc1C. The highest BCUT2D eigenvalue weighted by molar-refractivity contribution is 5.98. The van der Waals surface area contributed by atoms with E-state index >= 15 is 0 Å². The van der Waals surface area contributed by atoms with Gasteiger partial charge in [-0.05, 0) is 56.3 Å². The highest BCUT2D eigenvalue weighted by atomic mass is 16.5. The van der Waals surface area contributed by atoms with Crippen LogP contribution in [0.4, 0.5) is 5.69 Å². The van der Waals surface area contributed by atoms with Gasteiger partial charge in [-0.3, -0.25) is 9.59 Å². The summed E-state index contributed by atoms with van der Waals surface area (Å²) in [7, 11) is 3.33. The molecule has 2 amide bonds. The lowest BCUT2D eigenvalue weighted by Gasteiger charge is -2.11. The van der Waals surface area contributed by atoms with E-state index in [2.05, 4.69) is 15.3 Å². The van der Waals surface area contributed by atoms with Crippen LogP contribution in [-0.4, -0.2) is 53.4 Å². The van der Waals surface area contributed by atoms with Gasteiger partial charge in [-0.25, -0.2) is 14.8 Å². The number of rotatable bonds is 5. The maximum absolute atomic E-state index is 12.3. The number of aryl methyl sites for hydroxylation is 2. The molecule has 8 heteroatoms. The van der Waals surface area contributed by atoms with Crippen LogP contribution in [0.5, 0.6) is 0 Å². The molecule has 0 atom stereocenters. The van der Waals surface area contributed by atoms with E-state index in [-0.39, 0.29) is 5.91 Å². The Balaban J connectivity index is 1.59. The van der Waals surface area contributed by atoms with Crippen LogP contribution in [0.2, 0.25) is 0 Å². The molecule has 0 fully saturated rings. The third-order valence-corrected chi connectivity index (χ3v) is 4.47. The molecule has 0 radical (unpaired) electrons. The molecule has 0 aliphatic carbocycles. The van der Waals surface area contributed by atoms with Gasteiger partial charge in [0, 0.05) is 25.3 Å². The number of hydrogen-bond acceptors (Lipinski definition) is 6. The zero-order valence-corrected chi connectivity index (χ0v) is 17.2. The van der Waals surface area contributed by atoms with Crippen LogP contribution in [-0.2, 0) is 9.53 Å². The third-order valence-electron chi connectivity index (χ3n) is 4.47. The molecule has 1 aromatic heterocycles. The Morgan fingerprint density at radius 1 is 0.900 bits per heavy atom. The van der Waals surface area contributed by atoms with Crippen LogP contribution >= 0.6 is 0 Å². The summed E-state index contributed by atoms with van der Waals surface area (Å²) in [5.41, 5.74) is 4.18. The molecule has 154 valence electrons. The zero-order valence-electron chi connectivity index (χ0n) is 17.2. The van der Waals surface area contributed by atoms with E-state index in [1.807, 2.05) is 13.8 Å². The van der Waals surface area contributed by atoms with Crippen molar-refractivity contribution in [3.05, 3.63) is 65.0 Å². The lowest BCUT2D eigenvalue weighted by atomic mass is 10.2. The van der Waals surface area contributed by atoms with Gasteiger partial charge < -0.3 is 15.0 Å². The first-order valence-corrected chi connectivity index (χ1v) is 9.28. The average molecular weight is 406 g/mol. The van der Waals surface area contributed by atoms with Gasteiger partial charge in [0.2, 0.25) is 0 Å². The number of benzene rings is 2. The molecule has 3 rings (SSSR count). The van der Waals surface area contributed by atoms with Crippen molar-refractivity contribution in [2.75, 3.05) is 26.0 Å². The zero-order chi connectivity index (χ0) is 21.8. The first-order valence-electron chi connectivity index (χ1n) is 9.28. The largest absolute Gasteiger partial charge is 0.452 e.